The number of carbonyl (C=O) groups excluding carboxylic acids is 1. The topological polar surface area (TPSA) is 70.6 Å². The molecule has 0 aromatic heterocycles. The summed E-state index contributed by atoms with van der Waals surface area (Å²) < 4.78 is 44.3. The second kappa shape index (κ2) is 7.69. The molecule has 0 fully saturated rings. The molecule has 24 heavy (non-hydrogen) atoms. The smallest absolute Gasteiger partial charge is 0.319 e. The van der Waals surface area contributed by atoms with Gasteiger partial charge in [-0.25, -0.2) is 18.0 Å². The number of ether oxygens (including phenoxy) is 1. The van der Waals surface area contributed by atoms with Crippen LogP contribution in [0.4, 0.5) is 23.7 Å². The van der Waals surface area contributed by atoms with Gasteiger partial charge in [-0.2, -0.15) is 0 Å². The maximum atomic E-state index is 13.4. The Kier molecular flexibility index (Phi) is 5.64. The van der Waals surface area contributed by atoms with E-state index in [0.717, 1.165) is 0 Å². The van der Waals surface area contributed by atoms with Crippen LogP contribution in [0.5, 0.6) is 5.75 Å². The van der Waals surface area contributed by atoms with Gasteiger partial charge in [0.1, 0.15) is 11.6 Å². The number of aliphatic hydroxyl groups excluding tert-OH is 1. The number of amides is 2. The van der Waals surface area contributed by atoms with Crippen LogP contribution in [0, 0.1) is 17.5 Å². The first-order valence-corrected chi connectivity index (χ1v) is 6.92. The van der Waals surface area contributed by atoms with E-state index in [1.54, 1.807) is 24.3 Å². The van der Waals surface area contributed by atoms with Crippen molar-refractivity contribution in [1.82, 2.24) is 5.32 Å². The van der Waals surface area contributed by atoms with Gasteiger partial charge >= 0.3 is 6.03 Å². The summed E-state index contributed by atoms with van der Waals surface area (Å²) in [6, 6.07) is 6.54. The third kappa shape index (κ3) is 4.39. The average molecular weight is 340 g/mol. The van der Waals surface area contributed by atoms with E-state index in [1.807, 2.05) is 5.32 Å². The van der Waals surface area contributed by atoms with Crippen molar-refractivity contribution in [3.05, 3.63) is 59.4 Å². The molecule has 0 saturated carbocycles. The molecule has 2 rings (SSSR count). The number of hydrogen-bond acceptors (Lipinski definition) is 3. The van der Waals surface area contributed by atoms with E-state index in [-0.39, 0.29) is 6.54 Å². The zero-order chi connectivity index (χ0) is 17.7. The van der Waals surface area contributed by atoms with Crippen molar-refractivity contribution < 1.29 is 27.8 Å². The second-order valence-corrected chi connectivity index (χ2v) is 4.87. The van der Waals surface area contributed by atoms with Gasteiger partial charge in [-0.15, -0.1) is 0 Å². The monoisotopic (exact) mass is 340 g/mol. The highest BCUT2D eigenvalue weighted by atomic mass is 19.2. The van der Waals surface area contributed by atoms with Gasteiger partial charge in [-0.1, -0.05) is 12.1 Å². The van der Waals surface area contributed by atoms with Crippen molar-refractivity contribution >= 4 is 11.7 Å². The van der Waals surface area contributed by atoms with E-state index in [2.05, 4.69) is 5.32 Å². The van der Waals surface area contributed by atoms with Gasteiger partial charge in [0.2, 0.25) is 0 Å². The molecule has 0 saturated heterocycles. The predicted molar refractivity (Wildman–Crippen MR) is 81.3 cm³/mol. The molecule has 0 bridgehead atoms. The first-order valence-electron chi connectivity index (χ1n) is 6.92. The number of carbonyl (C=O) groups is 1. The van der Waals surface area contributed by atoms with E-state index in [0.29, 0.717) is 23.4 Å². The lowest BCUT2D eigenvalue weighted by Gasteiger charge is -2.14. The summed E-state index contributed by atoms with van der Waals surface area (Å²) in [6.07, 6.45) is -1.00. The predicted octanol–water partition coefficient (Wildman–Crippen LogP) is 2.97. The number of urea groups is 1. The van der Waals surface area contributed by atoms with Crippen LogP contribution in [0.25, 0.3) is 0 Å². The minimum atomic E-state index is -1.35. The number of halogens is 3. The van der Waals surface area contributed by atoms with Crippen LogP contribution in [0.1, 0.15) is 11.7 Å². The molecule has 0 aliphatic carbocycles. The number of methoxy groups -OCH3 is 1. The maximum absolute atomic E-state index is 13.4. The van der Waals surface area contributed by atoms with Crippen molar-refractivity contribution in [1.29, 1.82) is 0 Å². The number of nitrogens with one attached hydrogen (secondary N) is 2. The van der Waals surface area contributed by atoms with Gasteiger partial charge in [-0.3, -0.25) is 0 Å². The molecule has 0 aliphatic rings. The lowest BCUT2D eigenvalue weighted by atomic mass is 10.1. The zero-order valence-corrected chi connectivity index (χ0v) is 12.6. The van der Waals surface area contributed by atoms with E-state index in [9.17, 15) is 23.1 Å². The molecule has 1 atom stereocenters. The maximum Gasteiger partial charge on any atom is 0.319 e. The summed E-state index contributed by atoms with van der Waals surface area (Å²) in [5.74, 6) is -3.14. The van der Waals surface area contributed by atoms with Crippen molar-refractivity contribution in [3.8, 4) is 5.75 Å². The fourth-order valence-corrected chi connectivity index (χ4v) is 1.92. The summed E-state index contributed by atoms with van der Waals surface area (Å²) in [5, 5.41) is 14.3. The lowest BCUT2D eigenvalue weighted by Crippen LogP contribution is -2.32. The molecular formula is C16H15F3N2O3. The van der Waals surface area contributed by atoms with Crippen molar-refractivity contribution in [3.63, 3.8) is 0 Å². The van der Waals surface area contributed by atoms with Crippen LogP contribution in [0.3, 0.4) is 0 Å². The first kappa shape index (κ1) is 17.6. The highest BCUT2D eigenvalue weighted by molar-refractivity contribution is 5.89. The summed E-state index contributed by atoms with van der Waals surface area (Å²) >= 11 is 0. The molecule has 2 aromatic carbocycles. The Labute approximate surface area is 136 Å². The molecular weight excluding hydrogens is 325 g/mol. The van der Waals surface area contributed by atoms with Crippen molar-refractivity contribution in [2.75, 3.05) is 19.0 Å². The number of benzene rings is 2. The van der Waals surface area contributed by atoms with Gasteiger partial charge < -0.3 is 20.5 Å². The van der Waals surface area contributed by atoms with Crippen LogP contribution >= 0.6 is 0 Å². The molecule has 0 heterocycles. The van der Waals surface area contributed by atoms with E-state index >= 15 is 0 Å². The summed E-state index contributed by atoms with van der Waals surface area (Å²) in [4.78, 5) is 11.7. The first-order chi connectivity index (χ1) is 11.4. The number of anilines is 1. The number of aliphatic hydroxyl groups is 1. The van der Waals surface area contributed by atoms with Gasteiger partial charge in [-0.05, 0) is 17.7 Å². The number of hydrogen-bond donors (Lipinski definition) is 3. The number of rotatable bonds is 5. The Morgan fingerprint density at radius 1 is 1.12 bits per heavy atom. The van der Waals surface area contributed by atoms with E-state index < -0.39 is 35.3 Å². The minimum absolute atomic E-state index is 0.163. The molecule has 8 heteroatoms. The minimum Gasteiger partial charge on any atom is -0.497 e. The Morgan fingerprint density at radius 2 is 1.75 bits per heavy atom. The second-order valence-electron chi connectivity index (χ2n) is 4.87. The van der Waals surface area contributed by atoms with E-state index in [4.69, 9.17) is 4.74 Å². The third-order valence-corrected chi connectivity index (χ3v) is 3.21. The normalized spacial score (nSPS) is 11.7. The van der Waals surface area contributed by atoms with Crippen molar-refractivity contribution in [2.24, 2.45) is 0 Å². The third-order valence-electron chi connectivity index (χ3n) is 3.21. The van der Waals surface area contributed by atoms with Crippen LogP contribution in [-0.2, 0) is 0 Å². The quantitative estimate of drug-likeness (QED) is 0.733. The Balaban J connectivity index is 1.91. The molecule has 3 N–H and O–H groups in total. The Bertz CT molecular complexity index is 723. The van der Waals surface area contributed by atoms with Crippen molar-refractivity contribution in [2.45, 2.75) is 6.10 Å². The van der Waals surface area contributed by atoms with Gasteiger partial charge in [0.15, 0.2) is 11.6 Å². The Morgan fingerprint density at radius 3 is 2.38 bits per heavy atom. The van der Waals surface area contributed by atoms with Gasteiger partial charge in [0.05, 0.1) is 18.9 Å². The van der Waals surface area contributed by atoms with E-state index in [1.165, 1.54) is 7.11 Å². The fraction of sp³-hybridized carbons (Fsp3) is 0.188. The Hall–Kier alpha value is -2.74. The molecule has 5 nitrogen and oxygen atoms in total. The summed E-state index contributed by atoms with van der Waals surface area (Å²) in [6.45, 7) is -0.163. The summed E-state index contributed by atoms with van der Waals surface area (Å²) in [7, 11) is 1.51. The molecule has 1 unspecified atom stereocenters. The standard InChI is InChI=1S/C16H15F3N2O3/c1-24-10-4-2-9(3-5-10)15(22)8-20-16(23)21-14-7-12(18)11(17)6-13(14)19/h2-7,15,22H,8H2,1H3,(H2,20,21,23). The van der Waals surface area contributed by atoms with Gasteiger partial charge in [0, 0.05) is 18.7 Å². The molecule has 0 spiro atoms. The largest absolute Gasteiger partial charge is 0.497 e. The molecule has 0 aliphatic heterocycles. The molecule has 128 valence electrons. The van der Waals surface area contributed by atoms with Gasteiger partial charge in [0.25, 0.3) is 0 Å². The van der Waals surface area contributed by atoms with Crippen LogP contribution in [0.15, 0.2) is 36.4 Å². The lowest BCUT2D eigenvalue weighted by molar-refractivity contribution is 0.175. The summed E-state index contributed by atoms with van der Waals surface area (Å²) in [5.41, 5.74) is 0.0282. The molecule has 2 amide bonds. The highest BCUT2D eigenvalue weighted by Gasteiger charge is 2.14. The highest BCUT2D eigenvalue weighted by Crippen LogP contribution is 2.19. The SMILES string of the molecule is COc1ccc(C(O)CNC(=O)Nc2cc(F)c(F)cc2F)cc1. The fourth-order valence-electron chi connectivity index (χ4n) is 1.92. The van der Waals surface area contributed by atoms with Crippen LogP contribution in [0.2, 0.25) is 0 Å². The van der Waals surface area contributed by atoms with Crippen LogP contribution in [-0.4, -0.2) is 24.8 Å². The van der Waals surface area contributed by atoms with Crippen LogP contribution < -0.4 is 15.4 Å². The zero-order valence-electron chi connectivity index (χ0n) is 12.6. The molecule has 2 aromatic rings. The average Bonchev–Trinajstić information content (AvgIpc) is 2.57. The molecule has 0 radical (unpaired) electrons.